The Bertz CT molecular complexity index is 663. The van der Waals surface area contributed by atoms with E-state index in [0.29, 0.717) is 11.8 Å². The van der Waals surface area contributed by atoms with Gasteiger partial charge in [0.2, 0.25) is 0 Å². The van der Waals surface area contributed by atoms with Crippen LogP contribution in [0, 0.1) is 0 Å². The number of nitrogens with one attached hydrogen (secondary N) is 1. The lowest BCUT2D eigenvalue weighted by Gasteiger charge is -2.09. The first-order chi connectivity index (χ1) is 9.33. The monoisotopic (exact) mass is 274 g/mol. The molecule has 3 aromatic heterocycles. The number of furan rings is 1. The van der Waals surface area contributed by atoms with E-state index in [1.807, 2.05) is 30.5 Å². The SMILES string of the molecule is Clc1ccc(CNc2cccnc2-n2cccn2)o1. The van der Waals surface area contributed by atoms with Gasteiger partial charge in [0.1, 0.15) is 5.76 Å². The maximum absolute atomic E-state index is 5.73. The summed E-state index contributed by atoms with van der Waals surface area (Å²) < 4.78 is 7.00. The predicted molar refractivity (Wildman–Crippen MR) is 72.4 cm³/mol. The van der Waals surface area contributed by atoms with Crippen molar-refractivity contribution in [1.82, 2.24) is 14.8 Å². The van der Waals surface area contributed by atoms with E-state index in [1.54, 1.807) is 23.1 Å². The third-order valence-corrected chi connectivity index (χ3v) is 2.79. The summed E-state index contributed by atoms with van der Waals surface area (Å²) in [6.45, 7) is 0.534. The van der Waals surface area contributed by atoms with Gasteiger partial charge in [-0.1, -0.05) is 0 Å². The predicted octanol–water partition coefficient (Wildman–Crippen LogP) is 3.13. The second-order valence-corrected chi connectivity index (χ2v) is 4.26. The van der Waals surface area contributed by atoms with Gasteiger partial charge in [0.25, 0.3) is 0 Å². The van der Waals surface area contributed by atoms with Crippen LogP contribution < -0.4 is 5.32 Å². The normalized spacial score (nSPS) is 10.6. The molecule has 1 N–H and O–H groups in total. The Morgan fingerprint density at radius 3 is 2.89 bits per heavy atom. The van der Waals surface area contributed by atoms with Crippen LogP contribution in [0.1, 0.15) is 5.76 Å². The molecule has 0 radical (unpaired) electrons. The molecular formula is C13H11ClN4O. The number of aromatic nitrogens is 3. The fraction of sp³-hybridized carbons (Fsp3) is 0.0769. The van der Waals surface area contributed by atoms with E-state index in [2.05, 4.69) is 15.4 Å². The molecular weight excluding hydrogens is 264 g/mol. The van der Waals surface area contributed by atoms with Crippen LogP contribution in [-0.2, 0) is 6.54 Å². The van der Waals surface area contributed by atoms with Crippen molar-refractivity contribution in [2.75, 3.05) is 5.32 Å². The highest BCUT2D eigenvalue weighted by Crippen LogP contribution is 2.19. The standard InChI is InChI=1S/C13H11ClN4O/c14-12-5-4-10(19-12)9-16-11-3-1-6-15-13(11)18-8-2-7-17-18/h1-8,16H,9H2. The van der Waals surface area contributed by atoms with Crippen LogP contribution in [0.15, 0.2) is 53.3 Å². The molecule has 19 heavy (non-hydrogen) atoms. The Morgan fingerprint density at radius 1 is 1.21 bits per heavy atom. The summed E-state index contributed by atoms with van der Waals surface area (Å²) in [5, 5.41) is 7.82. The Balaban J connectivity index is 1.81. The first kappa shape index (κ1) is 11.8. The lowest BCUT2D eigenvalue weighted by Crippen LogP contribution is -2.06. The van der Waals surface area contributed by atoms with E-state index in [-0.39, 0.29) is 0 Å². The van der Waals surface area contributed by atoms with Crippen LogP contribution in [0.25, 0.3) is 5.82 Å². The summed E-state index contributed by atoms with van der Waals surface area (Å²) in [7, 11) is 0. The Kier molecular flexibility index (Phi) is 3.20. The molecule has 0 bridgehead atoms. The third-order valence-electron chi connectivity index (χ3n) is 2.59. The highest BCUT2D eigenvalue weighted by Gasteiger charge is 2.06. The topological polar surface area (TPSA) is 55.9 Å². The number of rotatable bonds is 4. The van der Waals surface area contributed by atoms with Gasteiger partial charge in [0.15, 0.2) is 11.0 Å². The fourth-order valence-corrected chi connectivity index (χ4v) is 1.90. The van der Waals surface area contributed by atoms with Crippen LogP contribution in [0.4, 0.5) is 5.69 Å². The van der Waals surface area contributed by atoms with Gasteiger partial charge in [0, 0.05) is 18.6 Å². The Hall–Kier alpha value is -2.27. The second-order valence-electron chi connectivity index (χ2n) is 3.88. The minimum absolute atomic E-state index is 0.385. The number of halogens is 1. The minimum atomic E-state index is 0.385. The minimum Gasteiger partial charge on any atom is -0.448 e. The summed E-state index contributed by atoms with van der Waals surface area (Å²) in [5.41, 5.74) is 0.874. The number of hydrogen-bond donors (Lipinski definition) is 1. The van der Waals surface area contributed by atoms with Crippen molar-refractivity contribution in [3.05, 3.63) is 59.9 Å². The second kappa shape index (κ2) is 5.16. The quantitative estimate of drug-likeness (QED) is 0.794. The molecule has 3 aromatic rings. The average Bonchev–Trinajstić information content (AvgIpc) is 3.08. The summed E-state index contributed by atoms with van der Waals surface area (Å²) in [4.78, 5) is 4.32. The van der Waals surface area contributed by atoms with Gasteiger partial charge in [-0.15, -0.1) is 0 Å². The zero-order valence-corrected chi connectivity index (χ0v) is 10.7. The van der Waals surface area contributed by atoms with Gasteiger partial charge < -0.3 is 9.73 Å². The lowest BCUT2D eigenvalue weighted by atomic mass is 10.3. The largest absolute Gasteiger partial charge is 0.448 e. The molecule has 3 heterocycles. The van der Waals surface area contributed by atoms with Crippen molar-refractivity contribution in [2.24, 2.45) is 0 Å². The first-order valence-corrected chi connectivity index (χ1v) is 6.14. The number of anilines is 1. The van der Waals surface area contributed by atoms with E-state index in [9.17, 15) is 0 Å². The number of pyridine rings is 1. The molecule has 0 saturated heterocycles. The number of hydrogen-bond acceptors (Lipinski definition) is 4. The maximum Gasteiger partial charge on any atom is 0.193 e. The van der Waals surface area contributed by atoms with Crippen molar-refractivity contribution in [3.63, 3.8) is 0 Å². The number of nitrogens with zero attached hydrogens (tertiary/aromatic N) is 3. The molecule has 0 amide bonds. The van der Waals surface area contributed by atoms with Crippen molar-refractivity contribution < 1.29 is 4.42 Å². The van der Waals surface area contributed by atoms with Crippen LogP contribution >= 0.6 is 11.6 Å². The Labute approximate surface area is 114 Å². The molecule has 0 spiro atoms. The highest BCUT2D eigenvalue weighted by molar-refractivity contribution is 6.28. The molecule has 0 aliphatic rings. The van der Waals surface area contributed by atoms with E-state index in [4.69, 9.17) is 16.0 Å². The smallest absolute Gasteiger partial charge is 0.193 e. The molecule has 0 atom stereocenters. The van der Waals surface area contributed by atoms with Gasteiger partial charge in [-0.3, -0.25) is 0 Å². The van der Waals surface area contributed by atoms with E-state index in [0.717, 1.165) is 17.3 Å². The van der Waals surface area contributed by atoms with Crippen LogP contribution in [0.3, 0.4) is 0 Å². The zero-order chi connectivity index (χ0) is 13.1. The summed E-state index contributed by atoms with van der Waals surface area (Å²) >= 11 is 5.73. The average molecular weight is 275 g/mol. The maximum atomic E-state index is 5.73. The van der Waals surface area contributed by atoms with Gasteiger partial charge in [-0.2, -0.15) is 5.10 Å². The van der Waals surface area contributed by atoms with Crippen LogP contribution in [0.5, 0.6) is 0 Å². The zero-order valence-electron chi connectivity index (χ0n) is 9.95. The molecule has 0 unspecified atom stereocenters. The van der Waals surface area contributed by atoms with E-state index < -0.39 is 0 Å². The molecule has 3 rings (SSSR count). The molecule has 0 saturated carbocycles. The van der Waals surface area contributed by atoms with Crippen LogP contribution in [0.2, 0.25) is 5.22 Å². The molecule has 0 aromatic carbocycles. The highest BCUT2D eigenvalue weighted by atomic mass is 35.5. The molecule has 6 heteroatoms. The molecule has 0 fully saturated rings. The van der Waals surface area contributed by atoms with Gasteiger partial charge in [-0.25, -0.2) is 9.67 Å². The third kappa shape index (κ3) is 2.61. The van der Waals surface area contributed by atoms with Gasteiger partial charge in [0.05, 0.1) is 12.2 Å². The van der Waals surface area contributed by atoms with Crippen molar-refractivity contribution in [3.8, 4) is 5.82 Å². The van der Waals surface area contributed by atoms with E-state index in [1.165, 1.54) is 0 Å². The molecule has 96 valence electrons. The molecule has 0 aliphatic carbocycles. The van der Waals surface area contributed by atoms with Crippen molar-refractivity contribution in [2.45, 2.75) is 6.54 Å². The van der Waals surface area contributed by atoms with Crippen molar-refractivity contribution >= 4 is 17.3 Å². The van der Waals surface area contributed by atoms with Crippen LogP contribution in [-0.4, -0.2) is 14.8 Å². The fourth-order valence-electron chi connectivity index (χ4n) is 1.74. The summed E-state index contributed by atoms with van der Waals surface area (Å²) in [6, 6.07) is 9.21. The molecule has 0 aliphatic heterocycles. The van der Waals surface area contributed by atoms with Crippen molar-refractivity contribution in [1.29, 1.82) is 0 Å². The summed E-state index contributed by atoms with van der Waals surface area (Å²) in [5.74, 6) is 1.51. The summed E-state index contributed by atoms with van der Waals surface area (Å²) in [6.07, 6.45) is 5.29. The first-order valence-electron chi connectivity index (χ1n) is 5.76. The Morgan fingerprint density at radius 2 is 2.16 bits per heavy atom. The van der Waals surface area contributed by atoms with E-state index >= 15 is 0 Å². The lowest BCUT2D eigenvalue weighted by molar-refractivity contribution is 0.520. The van der Waals surface area contributed by atoms with Gasteiger partial charge in [-0.05, 0) is 41.9 Å². The van der Waals surface area contributed by atoms with Gasteiger partial charge >= 0.3 is 0 Å². The molecule has 5 nitrogen and oxygen atoms in total.